The summed E-state index contributed by atoms with van der Waals surface area (Å²) in [7, 11) is 0. The highest BCUT2D eigenvalue weighted by molar-refractivity contribution is 7.09. The number of carbonyl (C=O) groups is 3. The van der Waals surface area contributed by atoms with E-state index in [1.54, 1.807) is 29.7 Å². The maximum atomic E-state index is 12.8. The molecule has 5 heterocycles. The summed E-state index contributed by atoms with van der Waals surface area (Å²) < 4.78 is 0. The Bertz CT molecular complexity index is 1170. The zero-order chi connectivity index (χ0) is 23.5. The van der Waals surface area contributed by atoms with Gasteiger partial charge >= 0.3 is 0 Å². The second-order valence-corrected chi connectivity index (χ2v) is 10.1. The van der Waals surface area contributed by atoms with Crippen LogP contribution in [-0.4, -0.2) is 52.2 Å². The number of fused-ring (bicyclic) bond motifs is 1. The van der Waals surface area contributed by atoms with Crippen LogP contribution in [0.4, 0.5) is 5.82 Å². The van der Waals surface area contributed by atoms with E-state index in [2.05, 4.69) is 26.7 Å². The van der Waals surface area contributed by atoms with Crippen molar-refractivity contribution < 1.29 is 14.4 Å². The van der Waals surface area contributed by atoms with Crippen LogP contribution in [0.15, 0.2) is 41.6 Å². The van der Waals surface area contributed by atoms with Crippen LogP contribution in [-0.2, 0) is 27.2 Å². The molecule has 1 spiro atoms. The molecule has 0 aromatic carbocycles. The lowest BCUT2D eigenvalue weighted by Gasteiger charge is -2.35. The third-order valence-corrected chi connectivity index (χ3v) is 7.66. The highest BCUT2D eigenvalue weighted by atomic mass is 32.1. The van der Waals surface area contributed by atoms with Gasteiger partial charge in [-0.05, 0) is 49.0 Å². The fraction of sp³-hybridized carbons (Fsp3) is 0.400. The molecule has 1 fully saturated rings. The number of rotatable bonds is 4. The van der Waals surface area contributed by atoms with E-state index in [0.717, 1.165) is 29.0 Å². The van der Waals surface area contributed by atoms with Crippen molar-refractivity contribution in [2.24, 2.45) is 5.41 Å². The molecule has 1 saturated heterocycles. The minimum absolute atomic E-state index is 0.00772. The molecule has 176 valence electrons. The van der Waals surface area contributed by atoms with E-state index in [1.165, 1.54) is 5.57 Å². The molecule has 3 aliphatic rings. The Morgan fingerprint density at radius 1 is 1.24 bits per heavy atom. The number of anilines is 1. The molecule has 2 aromatic rings. The Labute approximate surface area is 202 Å². The predicted octanol–water partition coefficient (Wildman–Crippen LogP) is 2.73. The number of nitrogens with one attached hydrogen (secondary N) is 2. The van der Waals surface area contributed by atoms with Crippen molar-refractivity contribution in [3.63, 3.8) is 0 Å². The molecule has 0 bridgehead atoms. The summed E-state index contributed by atoms with van der Waals surface area (Å²) in [5.41, 5.74) is 2.49. The lowest BCUT2D eigenvalue weighted by atomic mass is 9.73. The van der Waals surface area contributed by atoms with E-state index in [1.807, 2.05) is 22.5 Å². The third kappa shape index (κ3) is 4.79. The quantitative estimate of drug-likeness (QED) is 0.521. The molecule has 2 aromatic heterocycles. The molecular formula is C25H27N5O3S. The number of aromatic nitrogens is 2. The van der Waals surface area contributed by atoms with Crippen LogP contribution >= 0.6 is 11.3 Å². The van der Waals surface area contributed by atoms with Gasteiger partial charge in [0.2, 0.25) is 17.7 Å². The number of amides is 3. The summed E-state index contributed by atoms with van der Waals surface area (Å²) in [6, 6.07) is 1.98. The molecule has 5 rings (SSSR count). The molecule has 3 aliphatic heterocycles. The van der Waals surface area contributed by atoms with Gasteiger partial charge in [0.15, 0.2) is 0 Å². The zero-order valence-electron chi connectivity index (χ0n) is 18.9. The molecule has 34 heavy (non-hydrogen) atoms. The van der Waals surface area contributed by atoms with Gasteiger partial charge in [-0.15, -0.1) is 11.3 Å². The lowest BCUT2D eigenvalue weighted by Crippen LogP contribution is -2.42. The number of hydrogen-bond acceptors (Lipinski definition) is 6. The van der Waals surface area contributed by atoms with Gasteiger partial charge in [-0.25, -0.2) is 9.97 Å². The van der Waals surface area contributed by atoms with E-state index < -0.39 is 5.41 Å². The fourth-order valence-electron chi connectivity index (χ4n) is 4.84. The maximum absolute atomic E-state index is 12.8. The Balaban J connectivity index is 1.23. The normalized spacial score (nSPS) is 22.7. The molecule has 1 atom stereocenters. The standard InChI is InChI=1S/C25H27N5O3S/c31-20-3-6-25(7-8-26-20)15-19-13-18(16-28-23(19)29-24(25)33)1-2-22(32)30-10-4-17(5-11-30)14-21-27-9-12-34-21/h1-2,4,9,12-13,16H,3,5-8,10-11,14-15H2,(H,26,31)(H,28,29,33). The van der Waals surface area contributed by atoms with Crippen molar-refractivity contribution in [1.82, 2.24) is 20.2 Å². The Kier molecular flexibility index (Phi) is 6.28. The summed E-state index contributed by atoms with van der Waals surface area (Å²) in [5.74, 6) is 0.471. The van der Waals surface area contributed by atoms with Gasteiger partial charge in [-0.1, -0.05) is 11.6 Å². The smallest absolute Gasteiger partial charge is 0.246 e. The third-order valence-electron chi connectivity index (χ3n) is 6.88. The number of nitrogens with zero attached hydrogens (tertiary/aromatic N) is 3. The first-order valence-electron chi connectivity index (χ1n) is 11.6. The van der Waals surface area contributed by atoms with Crippen LogP contribution in [0.5, 0.6) is 0 Å². The van der Waals surface area contributed by atoms with Crippen LogP contribution in [0.3, 0.4) is 0 Å². The molecule has 1 unspecified atom stereocenters. The zero-order valence-corrected chi connectivity index (χ0v) is 19.7. The SMILES string of the molecule is O=C1CCC2(CCN1)Cc1cc(C=CC(=O)N3CC=C(Cc4nccs4)CC3)cnc1NC2=O. The van der Waals surface area contributed by atoms with Crippen molar-refractivity contribution in [2.45, 2.75) is 38.5 Å². The molecule has 0 radical (unpaired) electrons. The van der Waals surface area contributed by atoms with Gasteiger partial charge in [0, 0.05) is 56.3 Å². The van der Waals surface area contributed by atoms with Crippen molar-refractivity contribution in [1.29, 1.82) is 0 Å². The largest absolute Gasteiger partial charge is 0.356 e. The molecule has 0 aliphatic carbocycles. The van der Waals surface area contributed by atoms with Crippen LogP contribution < -0.4 is 10.6 Å². The molecule has 2 N–H and O–H groups in total. The number of carbonyl (C=O) groups excluding carboxylic acids is 3. The van der Waals surface area contributed by atoms with E-state index in [-0.39, 0.29) is 17.7 Å². The number of pyridine rings is 1. The maximum Gasteiger partial charge on any atom is 0.246 e. The van der Waals surface area contributed by atoms with Gasteiger partial charge in [0.05, 0.1) is 10.4 Å². The highest BCUT2D eigenvalue weighted by Gasteiger charge is 2.43. The average molecular weight is 478 g/mol. The summed E-state index contributed by atoms with van der Waals surface area (Å²) >= 11 is 1.66. The summed E-state index contributed by atoms with van der Waals surface area (Å²) in [4.78, 5) is 47.9. The molecule has 3 amide bonds. The van der Waals surface area contributed by atoms with Crippen LogP contribution in [0.1, 0.15) is 41.8 Å². The first kappa shape index (κ1) is 22.5. The number of thiazole rings is 1. The minimum Gasteiger partial charge on any atom is -0.356 e. The van der Waals surface area contributed by atoms with Crippen LogP contribution in [0.2, 0.25) is 0 Å². The minimum atomic E-state index is -0.595. The second-order valence-electron chi connectivity index (χ2n) is 9.12. The number of hydrogen-bond donors (Lipinski definition) is 2. The van der Waals surface area contributed by atoms with Gasteiger partial charge in [0.25, 0.3) is 0 Å². The second kappa shape index (κ2) is 9.50. The summed E-state index contributed by atoms with van der Waals surface area (Å²) in [6.45, 7) is 1.80. The Hall–Kier alpha value is -3.33. The Morgan fingerprint density at radius 2 is 2.15 bits per heavy atom. The molecule has 9 heteroatoms. The van der Waals surface area contributed by atoms with Crippen molar-refractivity contribution in [3.8, 4) is 0 Å². The lowest BCUT2D eigenvalue weighted by molar-refractivity contribution is -0.127. The van der Waals surface area contributed by atoms with Gasteiger partial charge in [-0.3, -0.25) is 14.4 Å². The van der Waals surface area contributed by atoms with Crippen LogP contribution in [0.25, 0.3) is 6.08 Å². The average Bonchev–Trinajstić information content (AvgIpc) is 3.28. The summed E-state index contributed by atoms with van der Waals surface area (Å²) in [5, 5.41) is 8.87. The Morgan fingerprint density at radius 3 is 2.94 bits per heavy atom. The predicted molar refractivity (Wildman–Crippen MR) is 130 cm³/mol. The van der Waals surface area contributed by atoms with Gasteiger partial charge in [-0.2, -0.15) is 0 Å². The highest BCUT2D eigenvalue weighted by Crippen LogP contribution is 2.40. The van der Waals surface area contributed by atoms with E-state index in [4.69, 9.17) is 0 Å². The van der Waals surface area contributed by atoms with Gasteiger partial charge < -0.3 is 15.5 Å². The van der Waals surface area contributed by atoms with Gasteiger partial charge in [0.1, 0.15) is 5.82 Å². The molecule has 8 nitrogen and oxygen atoms in total. The first-order chi connectivity index (χ1) is 16.5. The summed E-state index contributed by atoms with van der Waals surface area (Å²) in [6.07, 6.45) is 12.7. The monoisotopic (exact) mass is 477 g/mol. The molecular weight excluding hydrogens is 450 g/mol. The van der Waals surface area contributed by atoms with E-state index in [0.29, 0.717) is 51.1 Å². The fourth-order valence-corrected chi connectivity index (χ4v) is 5.51. The van der Waals surface area contributed by atoms with E-state index >= 15 is 0 Å². The molecule has 0 saturated carbocycles. The van der Waals surface area contributed by atoms with Crippen molar-refractivity contribution >= 4 is 41.0 Å². The van der Waals surface area contributed by atoms with Crippen molar-refractivity contribution in [3.05, 3.63) is 57.7 Å². The topological polar surface area (TPSA) is 104 Å². The van der Waals surface area contributed by atoms with Crippen LogP contribution in [0, 0.1) is 5.41 Å². The van der Waals surface area contributed by atoms with Crippen molar-refractivity contribution in [2.75, 3.05) is 25.0 Å². The first-order valence-corrected chi connectivity index (χ1v) is 12.5. The van der Waals surface area contributed by atoms with E-state index in [9.17, 15) is 14.4 Å².